The van der Waals surface area contributed by atoms with Crippen molar-refractivity contribution < 1.29 is 0 Å². The van der Waals surface area contributed by atoms with Crippen LogP contribution in [0.4, 0.5) is 0 Å². The van der Waals surface area contributed by atoms with E-state index < -0.39 is 0 Å². The fraction of sp³-hybridized carbons (Fsp3) is 0.600. The second kappa shape index (κ2) is 5.04. The third-order valence-electron chi connectivity index (χ3n) is 2.59. The first-order valence-electron chi connectivity index (χ1n) is 4.83. The van der Waals surface area contributed by atoms with Gasteiger partial charge in [-0.2, -0.15) is 0 Å². The van der Waals surface area contributed by atoms with Crippen LogP contribution < -0.4 is 11.1 Å². The fourth-order valence-electron chi connectivity index (χ4n) is 1.74. The van der Waals surface area contributed by atoms with Crippen molar-refractivity contribution in [2.45, 2.75) is 19.4 Å². The summed E-state index contributed by atoms with van der Waals surface area (Å²) in [5, 5.41) is 3.31. The molecule has 0 saturated carbocycles. The monoisotopic (exact) mass is 181 g/mol. The predicted molar refractivity (Wildman–Crippen MR) is 55.4 cm³/mol. The molecule has 1 heterocycles. The average molecular weight is 181 g/mol. The summed E-state index contributed by atoms with van der Waals surface area (Å²) in [5.74, 6) is 0.515. The normalized spacial score (nSPS) is 15.6. The minimum atomic E-state index is 0.376. The Bertz CT molecular complexity index is 214. The summed E-state index contributed by atoms with van der Waals surface area (Å²) in [6.45, 7) is 2.90. The van der Waals surface area contributed by atoms with E-state index in [1.165, 1.54) is 5.56 Å². The zero-order chi connectivity index (χ0) is 9.68. The van der Waals surface area contributed by atoms with Gasteiger partial charge < -0.3 is 16.0 Å². The molecule has 2 unspecified atom stereocenters. The molecule has 13 heavy (non-hydrogen) atoms. The molecule has 0 saturated heterocycles. The van der Waals surface area contributed by atoms with Crippen molar-refractivity contribution in [1.82, 2.24) is 10.3 Å². The molecule has 0 aliphatic heterocycles. The second-order valence-electron chi connectivity index (χ2n) is 3.31. The third-order valence-corrected chi connectivity index (χ3v) is 2.59. The van der Waals surface area contributed by atoms with E-state index in [0.717, 1.165) is 13.0 Å². The summed E-state index contributed by atoms with van der Waals surface area (Å²) in [6.07, 6.45) is 5.08. The van der Waals surface area contributed by atoms with E-state index in [0.29, 0.717) is 12.0 Å². The molecule has 0 aromatic carbocycles. The SMILES string of the molecule is CCC(CN)C(NC)c1cc[nH]c1. The van der Waals surface area contributed by atoms with Gasteiger partial charge in [0.1, 0.15) is 0 Å². The first-order chi connectivity index (χ1) is 6.33. The topological polar surface area (TPSA) is 53.8 Å². The van der Waals surface area contributed by atoms with Gasteiger partial charge >= 0.3 is 0 Å². The minimum Gasteiger partial charge on any atom is -0.367 e. The van der Waals surface area contributed by atoms with Crippen LogP contribution >= 0.6 is 0 Å². The van der Waals surface area contributed by atoms with Crippen LogP contribution in [-0.4, -0.2) is 18.6 Å². The van der Waals surface area contributed by atoms with Gasteiger partial charge in [0.15, 0.2) is 0 Å². The van der Waals surface area contributed by atoms with E-state index in [1.807, 2.05) is 19.4 Å². The molecule has 1 aromatic rings. The molecule has 1 aromatic heterocycles. The first-order valence-corrected chi connectivity index (χ1v) is 4.83. The predicted octanol–water partition coefficient (Wildman–Crippen LogP) is 1.26. The smallest absolute Gasteiger partial charge is 0.0373 e. The summed E-state index contributed by atoms with van der Waals surface area (Å²) in [5.41, 5.74) is 7.01. The van der Waals surface area contributed by atoms with Crippen molar-refractivity contribution >= 4 is 0 Å². The zero-order valence-electron chi connectivity index (χ0n) is 8.38. The Morgan fingerprint density at radius 2 is 2.38 bits per heavy atom. The molecular formula is C10H19N3. The number of aromatic amines is 1. The Morgan fingerprint density at radius 1 is 1.62 bits per heavy atom. The van der Waals surface area contributed by atoms with Gasteiger partial charge in [0.2, 0.25) is 0 Å². The Hall–Kier alpha value is -0.800. The molecular weight excluding hydrogens is 162 g/mol. The summed E-state index contributed by atoms with van der Waals surface area (Å²) in [7, 11) is 1.98. The van der Waals surface area contributed by atoms with Crippen LogP contribution in [0, 0.1) is 5.92 Å². The number of nitrogens with one attached hydrogen (secondary N) is 2. The molecule has 0 aliphatic carbocycles. The van der Waals surface area contributed by atoms with Gasteiger partial charge in [0.05, 0.1) is 0 Å². The molecule has 0 bridgehead atoms. The average Bonchev–Trinajstić information content (AvgIpc) is 2.66. The van der Waals surface area contributed by atoms with Crippen molar-refractivity contribution in [2.75, 3.05) is 13.6 Å². The van der Waals surface area contributed by atoms with Gasteiger partial charge in [-0.05, 0) is 31.1 Å². The maximum absolute atomic E-state index is 5.72. The number of hydrogen-bond acceptors (Lipinski definition) is 2. The minimum absolute atomic E-state index is 0.376. The van der Waals surface area contributed by atoms with Gasteiger partial charge in [-0.3, -0.25) is 0 Å². The molecule has 0 spiro atoms. The lowest BCUT2D eigenvalue weighted by Crippen LogP contribution is -2.29. The zero-order valence-corrected chi connectivity index (χ0v) is 8.38. The van der Waals surface area contributed by atoms with Crippen molar-refractivity contribution in [3.8, 4) is 0 Å². The highest BCUT2D eigenvalue weighted by molar-refractivity contribution is 5.15. The summed E-state index contributed by atoms with van der Waals surface area (Å²) >= 11 is 0. The lowest BCUT2D eigenvalue weighted by atomic mass is 9.93. The molecule has 0 amide bonds. The van der Waals surface area contributed by atoms with Crippen LogP contribution in [0.25, 0.3) is 0 Å². The van der Waals surface area contributed by atoms with Gasteiger partial charge in [-0.1, -0.05) is 13.3 Å². The molecule has 74 valence electrons. The standard InChI is InChI=1S/C10H19N3/c1-3-8(6-11)10(12-2)9-4-5-13-7-9/h4-5,7-8,10,12-13H,3,6,11H2,1-2H3. The Balaban J connectivity index is 2.72. The van der Waals surface area contributed by atoms with E-state index in [-0.39, 0.29) is 0 Å². The molecule has 3 heteroatoms. The fourth-order valence-corrected chi connectivity index (χ4v) is 1.74. The second-order valence-corrected chi connectivity index (χ2v) is 3.31. The van der Waals surface area contributed by atoms with Gasteiger partial charge in [0.25, 0.3) is 0 Å². The van der Waals surface area contributed by atoms with Crippen LogP contribution in [0.3, 0.4) is 0 Å². The van der Waals surface area contributed by atoms with Crippen LogP contribution in [-0.2, 0) is 0 Å². The summed E-state index contributed by atoms with van der Waals surface area (Å²) in [4.78, 5) is 3.07. The molecule has 0 radical (unpaired) electrons. The quantitative estimate of drug-likeness (QED) is 0.640. The van der Waals surface area contributed by atoms with E-state index in [4.69, 9.17) is 5.73 Å². The van der Waals surface area contributed by atoms with Crippen LogP contribution in [0.5, 0.6) is 0 Å². The van der Waals surface area contributed by atoms with Crippen molar-refractivity contribution in [3.63, 3.8) is 0 Å². The Morgan fingerprint density at radius 3 is 2.77 bits per heavy atom. The summed E-state index contributed by atoms with van der Waals surface area (Å²) in [6, 6.07) is 2.47. The Kier molecular flexibility index (Phi) is 3.99. The molecule has 3 nitrogen and oxygen atoms in total. The Labute approximate surface area is 79.7 Å². The molecule has 0 fully saturated rings. The van der Waals surface area contributed by atoms with Gasteiger partial charge in [-0.15, -0.1) is 0 Å². The van der Waals surface area contributed by atoms with E-state index in [9.17, 15) is 0 Å². The van der Waals surface area contributed by atoms with Crippen molar-refractivity contribution in [1.29, 1.82) is 0 Å². The van der Waals surface area contributed by atoms with Crippen LogP contribution in [0.1, 0.15) is 24.9 Å². The molecule has 1 rings (SSSR count). The highest BCUT2D eigenvalue weighted by atomic mass is 14.9. The van der Waals surface area contributed by atoms with Crippen LogP contribution in [0.2, 0.25) is 0 Å². The van der Waals surface area contributed by atoms with Gasteiger partial charge in [0, 0.05) is 18.4 Å². The largest absolute Gasteiger partial charge is 0.367 e. The molecule has 4 N–H and O–H groups in total. The van der Waals surface area contributed by atoms with Gasteiger partial charge in [-0.25, -0.2) is 0 Å². The molecule has 0 aliphatic rings. The number of aromatic nitrogens is 1. The highest BCUT2D eigenvalue weighted by Gasteiger charge is 2.18. The molecule has 2 atom stereocenters. The van der Waals surface area contributed by atoms with Crippen molar-refractivity contribution in [2.24, 2.45) is 11.7 Å². The lowest BCUT2D eigenvalue weighted by Gasteiger charge is -2.23. The maximum Gasteiger partial charge on any atom is 0.0373 e. The van der Waals surface area contributed by atoms with Crippen molar-refractivity contribution in [3.05, 3.63) is 24.0 Å². The number of nitrogens with two attached hydrogens (primary N) is 1. The highest BCUT2D eigenvalue weighted by Crippen LogP contribution is 2.22. The number of hydrogen-bond donors (Lipinski definition) is 3. The number of rotatable bonds is 5. The summed E-state index contributed by atoms with van der Waals surface area (Å²) < 4.78 is 0. The third kappa shape index (κ3) is 2.32. The van der Waals surface area contributed by atoms with E-state index in [2.05, 4.69) is 23.3 Å². The first kappa shape index (κ1) is 10.3. The number of H-pyrrole nitrogens is 1. The van der Waals surface area contributed by atoms with E-state index >= 15 is 0 Å². The lowest BCUT2D eigenvalue weighted by molar-refractivity contribution is 0.378. The maximum atomic E-state index is 5.72. The van der Waals surface area contributed by atoms with E-state index in [1.54, 1.807) is 0 Å². The van der Waals surface area contributed by atoms with Crippen LogP contribution in [0.15, 0.2) is 18.5 Å².